The molecule has 2 aliphatic rings. The third-order valence-corrected chi connectivity index (χ3v) is 15.0. The molecule has 16 nitrogen and oxygen atoms in total. The Morgan fingerprint density at radius 2 is 0.776 bits per heavy atom. The molecule has 0 saturated heterocycles. The molecule has 0 N–H and O–H groups in total. The van der Waals surface area contributed by atoms with Crippen molar-refractivity contribution in [1.29, 1.82) is 0 Å². The van der Waals surface area contributed by atoms with Gasteiger partial charge in [-0.3, -0.25) is 9.59 Å². The monoisotopic (exact) mass is 1100 g/mol. The first-order valence-electron chi connectivity index (χ1n) is 25.5. The van der Waals surface area contributed by atoms with Crippen LogP contribution in [0.4, 0.5) is 0 Å². The summed E-state index contributed by atoms with van der Waals surface area (Å²) in [6.07, 6.45) is 9.94. The zero-order valence-corrected chi connectivity index (χ0v) is 48.1. The van der Waals surface area contributed by atoms with Crippen LogP contribution in [0.2, 0.25) is 0 Å². The van der Waals surface area contributed by atoms with E-state index in [1.807, 2.05) is 36.4 Å². The molecule has 0 saturated carbocycles. The van der Waals surface area contributed by atoms with Crippen LogP contribution in [0.5, 0.6) is 57.5 Å². The fraction of sp³-hybridized carbons (Fsp3) is 0.517. The Bertz CT molecular complexity index is 2350. The van der Waals surface area contributed by atoms with Gasteiger partial charge in [-0.1, -0.05) is 12.2 Å². The van der Waals surface area contributed by atoms with Crippen molar-refractivity contribution >= 4 is 11.9 Å². The quantitative estimate of drug-likeness (QED) is 0.0356. The van der Waals surface area contributed by atoms with Gasteiger partial charge < -0.3 is 90.6 Å². The Balaban J connectivity index is 0.00000624. The number of nitrogens with zero attached hydrogens (tertiary/aromatic N) is 2. The zero-order valence-electron chi connectivity index (χ0n) is 46.6. The SMILES string of the molecule is COc1cc2c(cc1OC)[C@@H](Cc1cc(OC)c(OC)c(OC)c1)[N@@+](C)(CCCOC(=O)CC/C=C/CCC(=O)OCCC[N@+]1(C)CCc3cc(OC)c(OC)cc3[C@H]1Cc1cc(OC)c(OC)c(OC)c1)CC2.[Cl-].[Cl-]. The van der Waals surface area contributed by atoms with Gasteiger partial charge in [-0.2, -0.15) is 0 Å². The molecule has 0 unspecified atom stereocenters. The molecule has 18 heteroatoms. The molecule has 420 valence electrons. The highest BCUT2D eigenvalue weighted by atomic mass is 35.5. The summed E-state index contributed by atoms with van der Waals surface area (Å²) in [4.78, 5) is 25.7. The highest BCUT2D eigenvalue weighted by molar-refractivity contribution is 5.70. The Morgan fingerprint density at radius 1 is 0.461 bits per heavy atom. The number of esters is 2. The summed E-state index contributed by atoms with van der Waals surface area (Å²) >= 11 is 0. The normalized spacial score (nSPS) is 18.4. The van der Waals surface area contributed by atoms with Gasteiger partial charge >= 0.3 is 11.9 Å². The molecule has 0 aliphatic carbocycles. The van der Waals surface area contributed by atoms with Crippen molar-refractivity contribution in [2.75, 3.05) is 125 Å². The Kier molecular flexibility index (Phi) is 24.3. The molecule has 0 spiro atoms. The molecule has 0 radical (unpaired) electrons. The summed E-state index contributed by atoms with van der Waals surface area (Å²) in [5.41, 5.74) is 6.93. The molecule has 0 aromatic heterocycles. The van der Waals surface area contributed by atoms with E-state index in [-0.39, 0.29) is 61.7 Å². The molecule has 0 bridgehead atoms. The van der Waals surface area contributed by atoms with Gasteiger partial charge in [0.2, 0.25) is 11.5 Å². The first-order chi connectivity index (χ1) is 35.7. The molecule has 4 aromatic rings. The number of rotatable bonds is 28. The van der Waals surface area contributed by atoms with E-state index in [0.29, 0.717) is 109 Å². The van der Waals surface area contributed by atoms with E-state index in [1.54, 1.807) is 71.1 Å². The maximum atomic E-state index is 12.9. The van der Waals surface area contributed by atoms with E-state index in [9.17, 15) is 9.59 Å². The summed E-state index contributed by atoms with van der Waals surface area (Å²) in [5, 5.41) is 0. The van der Waals surface area contributed by atoms with Crippen molar-refractivity contribution in [3.63, 3.8) is 0 Å². The van der Waals surface area contributed by atoms with Crippen molar-refractivity contribution in [3.8, 4) is 57.5 Å². The van der Waals surface area contributed by atoms with Crippen molar-refractivity contribution in [1.82, 2.24) is 0 Å². The van der Waals surface area contributed by atoms with Gasteiger partial charge in [0, 0.05) is 62.5 Å². The van der Waals surface area contributed by atoms with Crippen LogP contribution < -0.4 is 72.2 Å². The number of carbonyl (C=O) groups excluding carboxylic acids is 2. The van der Waals surface area contributed by atoms with Crippen LogP contribution in [0.3, 0.4) is 0 Å². The largest absolute Gasteiger partial charge is 1.00 e. The van der Waals surface area contributed by atoms with Gasteiger partial charge in [0.05, 0.1) is 125 Å². The molecule has 4 aromatic carbocycles. The number of hydrogen-bond acceptors (Lipinski definition) is 14. The van der Waals surface area contributed by atoms with Gasteiger partial charge in [0.15, 0.2) is 46.0 Å². The summed E-state index contributed by atoms with van der Waals surface area (Å²) in [6.45, 7) is 4.02. The van der Waals surface area contributed by atoms with Crippen LogP contribution in [0.25, 0.3) is 0 Å². The van der Waals surface area contributed by atoms with Crippen molar-refractivity contribution in [2.24, 2.45) is 0 Å². The highest BCUT2D eigenvalue weighted by Gasteiger charge is 2.42. The Hall–Kier alpha value is -5.94. The van der Waals surface area contributed by atoms with Crippen molar-refractivity contribution in [3.05, 3.63) is 94.1 Å². The van der Waals surface area contributed by atoms with E-state index in [1.165, 1.54) is 22.3 Å². The average Bonchev–Trinajstić information content (AvgIpc) is 3.42. The molecule has 0 amide bonds. The maximum Gasteiger partial charge on any atom is 0.306 e. The van der Waals surface area contributed by atoms with Crippen LogP contribution in [-0.2, 0) is 44.7 Å². The second kappa shape index (κ2) is 29.5. The van der Waals surface area contributed by atoms with Crippen LogP contribution in [-0.4, -0.2) is 145 Å². The average molecular weight is 1100 g/mol. The molecule has 4 atom stereocenters. The fourth-order valence-electron chi connectivity index (χ4n) is 10.8. The lowest BCUT2D eigenvalue weighted by atomic mass is 9.86. The predicted octanol–water partition coefficient (Wildman–Crippen LogP) is 3.04. The van der Waals surface area contributed by atoms with Gasteiger partial charge in [-0.25, -0.2) is 0 Å². The number of allylic oxidation sites excluding steroid dienone is 2. The van der Waals surface area contributed by atoms with Gasteiger partial charge in [-0.05, 0) is 83.6 Å². The number of quaternary nitrogens is 2. The lowest BCUT2D eigenvalue weighted by Crippen LogP contribution is -3.00. The van der Waals surface area contributed by atoms with Crippen LogP contribution >= 0.6 is 0 Å². The van der Waals surface area contributed by atoms with Crippen LogP contribution in [0.1, 0.15) is 84.0 Å². The van der Waals surface area contributed by atoms with E-state index in [4.69, 9.17) is 56.8 Å². The number of benzene rings is 4. The number of likely N-dealkylation sites (N-methyl/N-ethyl adjacent to an activating group) is 2. The number of halogens is 2. The smallest absolute Gasteiger partial charge is 0.306 e. The van der Waals surface area contributed by atoms with Gasteiger partial charge in [-0.15, -0.1) is 0 Å². The summed E-state index contributed by atoms with van der Waals surface area (Å²) in [5.74, 6) is 5.81. The maximum absolute atomic E-state index is 12.9. The first-order valence-corrected chi connectivity index (χ1v) is 25.5. The van der Waals surface area contributed by atoms with Crippen LogP contribution in [0.15, 0.2) is 60.7 Å². The third-order valence-electron chi connectivity index (χ3n) is 15.0. The summed E-state index contributed by atoms with van der Waals surface area (Å²) in [6, 6.07) is 16.5. The number of carbonyl (C=O) groups is 2. The second-order valence-electron chi connectivity index (χ2n) is 19.4. The van der Waals surface area contributed by atoms with Crippen molar-refractivity contribution in [2.45, 2.75) is 76.3 Å². The Labute approximate surface area is 462 Å². The standard InChI is InChI=1S/C58H80N2O14.2ClH/c1-59(25-21-41-35-47(63-3)49(65-5)37-43(41)45(59)29-39-31-51(67-7)57(71-11)52(32-39)68-8)23-17-27-73-55(61)19-15-13-14-16-20-56(62)74-28-18-24-60(2)26-22-42-36-48(64-4)50(66-6)38-44(42)46(60)30-40-33-53(69-9)58(72-12)54(34-40)70-10;;/h13-14,31-38,45-46H,15-30H2,1-12H3;2*1H/q+2;;/p-2/b14-13+;;/t45-,46-,59-,60+;;/m1../s1. The second-order valence-corrected chi connectivity index (χ2v) is 19.4. The minimum Gasteiger partial charge on any atom is -1.00 e. The fourth-order valence-corrected chi connectivity index (χ4v) is 10.8. The predicted molar refractivity (Wildman–Crippen MR) is 282 cm³/mol. The molecule has 76 heavy (non-hydrogen) atoms. The lowest BCUT2D eigenvalue weighted by molar-refractivity contribution is -0.941. The number of methoxy groups -OCH3 is 10. The van der Waals surface area contributed by atoms with Gasteiger partial charge in [0.25, 0.3) is 0 Å². The summed E-state index contributed by atoms with van der Waals surface area (Å²) < 4.78 is 69.8. The van der Waals surface area contributed by atoms with Crippen molar-refractivity contribution < 1.29 is 100 Å². The molecule has 2 aliphatic heterocycles. The van der Waals surface area contributed by atoms with E-state index in [2.05, 4.69) is 38.4 Å². The number of ether oxygens (including phenoxy) is 12. The van der Waals surface area contributed by atoms with Gasteiger partial charge in [0.1, 0.15) is 12.1 Å². The lowest BCUT2D eigenvalue weighted by Gasteiger charge is -2.46. The van der Waals surface area contributed by atoms with E-state index >= 15 is 0 Å². The third kappa shape index (κ3) is 15.0. The topological polar surface area (TPSA) is 145 Å². The molecular weight excluding hydrogens is 1020 g/mol. The first kappa shape index (κ1) is 62.6. The molecule has 6 rings (SSSR count). The minimum atomic E-state index is -0.246. The number of fused-ring (bicyclic) bond motifs is 2. The molecule has 2 heterocycles. The van der Waals surface area contributed by atoms with Crippen LogP contribution in [0, 0.1) is 0 Å². The Morgan fingerprint density at radius 3 is 1.08 bits per heavy atom. The molecule has 0 fully saturated rings. The van der Waals surface area contributed by atoms with E-state index < -0.39 is 0 Å². The van der Waals surface area contributed by atoms with E-state index in [0.717, 1.165) is 59.1 Å². The zero-order chi connectivity index (χ0) is 53.4. The number of hydrogen-bond donors (Lipinski definition) is 0. The molecular formula is C58H80Cl2N2O14. The summed E-state index contributed by atoms with van der Waals surface area (Å²) in [7, 11) is 20.9. The minimum absolute atomic E-state index is 0. The highest BCUT2D eigenvalue weighted by Crippen LogP contribution is 2.47.